The van der Waals surface area contributed by atoms with Gasteiger partial charge in [-0.15, -0.1) is 0 Å². The number of ketones is 2. The summed E-state index contributed by atoms with van der Waals surface area (Å²) >= 11 is 0. The fourth-order valence-electron chi connectivity index (χ4n) is 7.03. The van der Waals surface area contributed by atoms with E-state index in [1.165, 1.54) is 54.6 Å². The van der Waals surface area contributed by atoms with Crippen molar-refractivity contribution < 1.29 is 43.0 Å². The molecular formula is C56H54N4O9. The molecule has 0 saturated heterocycles. The fraction of sp³-hybridized carbons (Fsp3) is 0.196. The fourth-order valence-corrected chi connectivity index (χ4v) is 7.03. The zero-order chi connectivity index (χ0) is 50.0. The summed E-state index contributed by atoms with van der Waals surface area (Å²) in [5, 5.41) is 18.0. The number of hydrogen-bond acceptors (Lipinski definition) is 10. The van der Waals surface area contributed by atoms with Crippen molar-refractivity contribution in [1.29, 1.82) is 5.26 Å². The first kappa shape index (κ1) is 51.4. The van der Waals surface area contributed by atoms with Gasteiger partial charge in [-0.1, -0.05) is 92.1 Å². The second-order valence-corrected chi connectivity index (χ2v) is 16.0. The third kappa shape index (κ3) is 13.9. The molecule has 0 fully saturated rings. The lowest BCUT2D eigenvalue weighted by Crippen LogP contribution is -2.25. The van der Waals surface area contributed by atoms with Crippen LogP contribution in [0.4, 0.5) is 17.1 Å². The Morgan fingerprint density at radius 3 is 1.78 bits per heavy atom. The lowest BCUT2D eigenvalue weighted by atomic mass is 9.94. The van der Waals surface area contributed by atoms with Crippen LogP contribution in [0.15, 0.2) is 141 Å². The SMILES string of the molecule is C=CCOC(=O)c1ccc(NC(=O)c2ccc(NC(=O)c3ccc(NC(=O)C(CC#N)CC(=O)c4ccc(CC(=O)/C(C)=C/c5ccc(C)cc5)cc4)cc3)c(C)c2OCC=C)c(C)c1OCC=C. The van der Waals surface area contributed by atoms with Crippen molar-refractivity contribution in [2.45, 2.75) is 47.0 Å². The van der Waals surface area contributed by atoms with Crippen LogP contribution in [0.5, 0.6) is 11.5 Å². The largest absolute Gasteiger partial charge is 0.488 e. The average Bonchev–Trinajstić information content (AvgIpc) is 3.34. The number of ether oxygens (including phenoxy) is 3. The first-order chi connectivity index (χ1) is 33.2. The summed E-state index contributed by atoms with van der Waals surface area (Å²) in [5.41, 5.74) is 6.32. The molecule has 352 valence electrons. The molecule has 0 aliphatic rings. The molecule has 0 saturated carbocycles. The van der Waals surface area contributed by atoms with Gasteiger partial charge in [-0.2, -0.15) is 5.26 Å². The lowest BCUT2D eigenvalue weighted by molar-refractivity contribution is -0.119. The molecule has 0 aromatic heterocycles. The molecular weight excluding hydrogens is 873 g/mol. The van der Waals surface area contributed by atoms with E-state index in [1.807, 2.05) is 43.3 Å². The van der Waals surface area contributed by atoms with Crippen LogP contribution in [0.3, 0.4) is 0 Å². The van der Waals surface area contributed by atoms with Crippen molar-refractivity contribution in [2.75, 3.05) is 35.8 Å². The van der Waals surface area contributed by atoms with Crippen molar-refractivity contribution in [3.8, 4) is 17.6 Å². The average molecular weight is 927 g/mol. The van der Waals surface area contributed by atoms with Crippen LogP contribution in [-0.4, -0.2) is 55.1 Å². The molecule has 5 rings (SSSR count). The summed E-state index contributed by atoms with van der Waals surface area (Å²) in [5.74, 6) is -3.11. The second-order valence-electron chi connectivity index (χ2n) is 16.0. The quantitative estimate of drug-likeness (QED) is 0.0246. The van der Waals surface area contributed by atoms with Crippen LogP contribution < -0.4 is 25.4 Å². The highest BCUT2D eigenvalue weighted by Gasteiger charge is 2.25. The topological polar surface area (TPSA) is 190 Å². The highest BCUT2D eigenvalue weighted by molar-refractivity contribution is 6.10. The number of nitrogens with one attached hydrogen (secondary N) is 3. The van der Waals surface area contributed by atoms with Crippen LogP contribution in [0.1, 0.15) is 89.0 Å². The Bertz CT molecular complexity index is 2840. The Morgan fingerprint density at radius 2 is 1.20 bits per heavy atom. The molecule has 0 aliphatic heterocycles. The predicted molar refractivity (Wildman–Crippen MR) is 268 cm³/mol. The highest BCUT2D eigenvalue weighted by Crippen LogP contribution is 2.34. The minimum atomic E-state index is -0.955. The first-order valence-electron chi connectivity index (χ1n) is 22.0. The van der Waals surface area contributed by atoms with Gasteiger partial charge in [0.05, 0.1) is 17.6 Å². The minimum Gasteiger partial charge on any atom is -0.488 e. The molecule has 5 aromatic rings. The number of benzene rings is 5. The summed E-state index contributed by atoms with van der Waals surface area (Å²) in [6.45, 7) is 18.2. The third-order valence-corrected chi connectivity index (χ3v) is 10.9. The molecule has 13 nitrogen and oxygen atoms in total. The van der Waals surface area contributed by atoms with Crippen molar-refractivity contribution >= 4 is 58.4 Å². The number of esters is 1. The van der Waals surface area contributed by atoms with Crippen LogP contribution in [0.2, 0.25) is 0 Å². The second kappa shape index (κ2) is 24.8. The number of Topliss-reactive ketones (excluding diaryl/α,β-unsaturated/α-hetero) is 2. The number of carbonyl (C=O) groups excluding carboxylic acids is 6. The zero-order valence-corrected chi connectivity index (χ0v) is 39.1. The number of carbonyl (C=O) groups is 6. The molecule has 0 aliphatic carbocycles. The summed E-state index contributed by atoms with van der Waals surface area (Å²) in [4.78, 5) is 79.6. The van der Waals surface area contributed by atoms with Gasteiger partial charge < -0.3 is 30.2 Å². The van der Waals surface area contributed by atoms with E-state index in [9.17, 15) is 34.0 Å². The molecule has 1 unspecified atom stereocenters. The standard InChI is InChI=1S/C56H54N4O9/c1-8-29-67-51-37(6)47(25-23-45(51)55(65)60-48-26-24-46(56(66)69-31-10-3)52(38(48)7)68-30-9-2)59-53(63)42-19-21-44(22-20-42)58-54(64)43(27-28-57)34-50(62)41-17-15-40(16-18-41)33-49(61)36(5)32-39-13-11-35(4)12-14-39/h8-26,32,43H,1-3,27,29-31,33-34H2,4-7H3,(H,58,64)(H,59,63)(H,60,65)/b36-32+. The molecule has 0 radical (unpaired) electrons. The molecule has 13 heteroatoms. The minimum absolute atomic E-state index is 0.00380. The first-order valence-corrected chi connectivity index (χ1v) is 22.0. The van der Waals surface area contributed by atoms with Crippen molar-refractivity contribution in [1.82, 2.24) is 0 Å². The third-order valence-electron chi connectivity index (χ3n) is 10.9. The van der Waals surface area contributed by atoms with E-state index in [4.69, 9.17) is 14.2 Å². The van der Waals surface area contributed by atoms with Crippen molar-refractivity contribution in [2.24, 2.45) is 5.92 Å². The Morgan fingerprint density at radius 1 is 0.652 bits per heavy atom. The maximum absolute atomic E-state index is 13.8. The van der Waals surface area contributed by atoms with E-state index in [2.05, 4.69) is 35.7 Å². The molecule has 69 heavy (non-hydrogen) atoms. The van der Waals surface area contributed by atoms with Gasteiger partial charge in [0, 0.05) is 58.6 Å². The Labute approximate surface area is 402 Å². The number of hydrogen-bond donors (Lipinski definition) is 3. The smallest absolute Gasteiger partial charge is 0.342 e. The Balaban J connectivity index is 1.22. The summed E-state index contributed by atoms with van der Waals surface area (Å²) in [6, 6.07) is 28.7. The molecule has 5 aromatic carbocycles. The van der Waals surface area contributed by atoms with Crippen LogP contribution in [0.25, 0.3) is 6.08 Å². The van der Waals surface area contributed by atoms with Gasteiger partial charge in [-0.25, -0.2) is 4.79 Å². The predicted octanol–water partition coefficient (Wildman–Crippen LogP) is 10.5. The number of nitriles is 1. The molecule has 0 bridgehead atoms. The van der Waals surface area contributed by atoms with Crippen LogP contribution in [0, 0.1) is 38.0 Å². The number of aryl methyl sites for hydroxylation is 1. The van der Waals surface area contributed by atoms with Gasteiger partial charge >= 0.3 is 5.97 Å². The number of allylic oxidation sites excluding steroid dienone is 1. The molecule has 3 amide bonds. The van der Waals surface area contributed by atoms with Crippen molar-refractivity contribution in [3.63, 3.8) is 0 Å². The van der Waals surface area contributed by atoms with Crippen LogP contribution in [-0.2, 0) is 20.7 Å². The van der Waals surface area contributed by atoms with E-state index in [-0.39, 0.29) is 78.8 Å². The highest BCUT2D eigenvalue weighted by atomic mass is 16.5. The van der Waals surface area contributed by atoms with Gasteiger partial charge in [-0.05, 0) is 99.0 Å². The van der Waals surface area contributed by atoms with Crippen LogP contribution >= 0.6 is 0 Å². The van der Waals surface area contributed by atoms with E-state index in [0.29, 0.717) is 39.3 Å². The summed E-state index contributed by atoms with van der Waals surface area (Å²) in [7, 11) is 0. The maximum Gasteiger partial charge on any atom is 0.342 e. The number of rotatable bonds is 23. The number of nitrogens with zero attached hydrogens (tertiary/aromatic N) is 1. The van der Waals surface area contributed by atoms with Gasteiger partial charge in [0.25, 0.3) is 11.8 Å². The summed E-state index contributed by atoms with van der Waals surface area (Å²) < 4.78 is 17.0. The monoisotopic (exact) mass is 926 g/mol. The van der Waals surface area contributed by atoms with E-state index < -0.39 is 29.6 Å². The van der Waals surface area contributed by atoms with Gasteiger partial charge in [0.2, 0.25) is 5.91 Å². The van der Waals surface area contributed by atoms with E-state index in [1.54, 1.807) is 57.2 Å². The number of amides is 3. The Kier molecular flexibility index (Phi) is 18.4. The molecule has 3 N–H and O–H groups in total. The zero-order valence-electron chi connectivity index (χ0n) is 39.1. The van der Waals surface area contributed by atoms with Gasteiger partial charge in [0.15, 0.2) is 11.6 Å². The van der Waals surface area contributed by atoms with Gasteiger partial charge in [-0.3, -0.25) is 24.0 Å². The normalized spacial score (nSPS) is 11.2. The Hall–Kier alpha value is -8.63. The number of anilines is 3. The summed E-state index contributed by atoms with van der Waals surface area (Å²) in [6.07, 6.45) is 6.06. The molecule has 1 atom stereocenters. The molecule has 0 heterocycles. The van der Waals surface area contributed by atoms with Crippen molar-refractivity contribution in [3.05, 3.63) is 191 Å². The van der Waals surface area contributed by atoms with E-state index >= 15 is 0 Å². The molecule has 0 spiro atoms. The maximum atomic E-state index is 13.8. The van der Waals surface area contributed by atoms with Gasteiger partial charge in [0.1, 0.15) is 36.9 Å². The van der Waals surface area contributed by atoms with E-state index in [0.717, 1.165) is 16.7 Å². The lowest BCUT2D eigenvalue weighted by Gasteiger charge is -2.19.